The van der Waals surface area contributed by atoms with E-state index < -0.39 is 0 Å². The Labute approximate surface area is 129 Å². The Hall–Kier alpha value is -0.900. The standard InChI is InChI=1S/C16H19ClN2S/c1-12(16-18-15(10-17)11-20-16)19-8-6-13-4-2-3-5-14(13)7-9-19/h2-5,11-12H,6-10H2,1H3. The average molecular weight is 307 g/mol. The molecule has 20 heavy (non-hydrogen) atoms. The molecule has 0 bridgehead atoms. The van der Waals surface area contributed by atoms with Gasteiger partial charge in [0.25, 0.3) is 0 Å². The van der Waals surface area contributed by atoms with Crippen LogP contribution < -0.4 is 0 Å². The predicted molar refractivity (Wildman–Crippen MR) is 85.5 cm³/mol. The molecule has 1 aliphatic heterocycles. The maximum Gasteiger partial charge on any atom is 0.110 e. The van der Waals surface area contributed by atoms with Crippen molar-refractivity contribution in [3.05, 3.63) is 51.5 Å². The van der Waals surface area contributed by atoms with E-state index in [0.29, 0.717) is 11.9 Å². The van der Waals surface area contributed by atoms with Crippen LogP contribution >= 0.6 is 22.9 Å². The molecular weight excluding hydrogens is 288 g/mol. The average Bonchev–Trinajstić information content (AvgIpc) is 2.86. The topological polar surface area (TPSA) is 16.1 Å². The van der Waals surface area contributed by atoms with Gasteiger partial charge < -0.3 is 0 Å². The van der Waals surface area contributed by atoms with Gasteiger partial charge in [-0.3, -0.25) is 4.90 Å². The molecule has 4 heteroatoms. The highest BCUT2D eigenvalue weighted by Crippen LogP contribution is 2.27. The van der Waals surface area contributed by atoms with Crippen molar-refractivity contribution >= 4 is 22.9 Å². The highest BCUT2D eigenvalue weighted by molar-refractivity contribution is 7.09. The van der Waals surface area contributed by atoms with E-state index in [-0.39, 0.29) is 0 Å². The van der Waals surface area contributed by atoms with E-state index in [0.717, 1.165) is 31.6 Å². The minimum absolute atomic E-state index is 0.381. The fraction of sp³-hybridized carbons (Fsp3) is 0.438. The second-order valence-electron chi connectivity index (χ2n) is 5.29. The van der Waals surface area contributed by atoms with Crippen LogP contribution in [0, 0.1) is 0 Å². The van der Waals surface area contributed by atoms with Gasteiger partial charge in [-0.05, 0) is 30.9 Å². The van der Waals surface area contributed by atoms with Gasteiger partial charge in [-0.2, -0.15) is 0 Å². The number of nitrogens with zero attached hydrogens (tertiary/aromatic N) is 2. The molecule has 0 aliphatic carbocycles. The van der Waals surface area contributed by atoms with Crippen molar-refractivity contribution in [2.45, 2.75) is 31.7 Å². The Morgan fingerprint density at radius 2 is 1.90 bits per heavy atom. The predicted octanol–water partition coefficient (Wildman–Crippen LogP) is 4.04. The third-order valence-corrected chi connectivity index (χ3v) is 5.40. The van der Waals surface area contributed by atoms with Crippen LogP contribution in [0.15, 0.2) is 29.6 Å². The summed E-state index contributed by atoms with van der Waals surface area (Å²) >= 11 is 7.58. The summed E-state index contributed by atoms with van der Waals surface area (Å²) in [4.78, 5) is 7.17. The van der Waals surface area contributed by atoms with Gasteiger partial charge in [0.15, 0.2) is 0 Å². The molecule has 0 radical (unpaired) electrons. The van der Waals surface area contributed by atoms with E-state index in [1.54, 1.807) is 11.3 Å². The largest absolute Gasteiger partial charge is 0.294 e. The van der Waals surface area contributed by atoms with Crippen molar-refractivity contribution in [3.63, 3.8) is 0 Å². The van der Waals surface area contributed by atoms with Crippen molar-refractivity contribution in [1.82, 2.24) is 9.88 Å². The number of fused-ring (bicyclic) bond motifs is 1. The Balaban J connectivity index is 1.73. The Bertz CT molecular complexity index is 554. The van der Waals surface area contributed by atoms with Crippen LogP contribution in [-0.2, 0) is 18.7 Å². The Morgan fingerprint density at radius 3 is 2.45 bits per heavy atom. The van der Waals surface area contributed by atoms with Crippen molar-refractivity contribution < 1.29 is 0 Å². The summed E-state index contributed by atoms with van der Waals surface area (Å²) in [5.74, 6) is 0.509. The summed E-state index contributed by atoms with van der Waals surface area (Å²) in [6, 6.07) is 9.19. The van der Waals surface area contributed by atoms with Gasteiger partial charge in [-0.15, -0.1) is 22.9 Å². The monoisotopic (exact) mass is 306 g/mol. The summed E-state index contributed by atoms with van der Waals surface area (Å²) in [6.45, 7) is 4.47. The first-order chi connectivity index (χ1) is 9.78. The zero-order valence-electron chi connectivity index (χ0n) is 11.7. The number of halogens is 1. The molecule has 2 aromatic rings. The van der Waals surface area contributed by atoms with Gasteiger partial charge in [0, 0.05) is 18.5 Å². The Kier molecular flexibility index (Phi) is 4.39. The molecule has 106 valence electrons. The minimum atomic E-state index is 0.381. The van der Waals surface area contributed by atoms with E-state index in [1.807, 2.05) is 0 Å². The third-order valence-electron chi connectivity index (χ3n) is 4.07. The number of hydrogen-bond donors (Lipinski definition) is 0. The van der Waals surface area contributed by atoms with Gasteiger partial charge in [0.05, 0.1) is 17.6 Å². The molecule has 3 rings (SSSR count). The molecule has 0 saturated carbocycles. The first-order valence-electron chi connectivity index (χ1n) is 7.09. The van der Waals surface area contributed by atoms with Crippen LogP contribution in [0.25, 0.3) is 0 Å². The fourth-order valence-corrected chi connectivity index (χ4v) is 3.94. The number of aromatic nitrogens is 1. The van der Waals surface area contributed by atoms with Crippen LogP contribution in [0.1, 0.15) is 34.8 Å². The molecule has 0 saturated heterocycles. The lowest BCUT2D eigenvalue weighted by Crippen LogP contribution is -2.29. The maximum atomic E-state index is 5.85. The zero-order valence-corrected chi connectivity index (χ0v) is 13.3. The van der Waals surface area contributed by atoms with Gasteiger partial charge in [-0.1, -0.05) is 24.3 Å². The smallest absolute Gasteiger partial charge is 0.110 e. The fourth-order valence-electron chi connectivity index (χ4n) is 2.80. The van der Waals surface area contributed by atoms with Crippen LogP contribution in [0.5, 0.6) is 0 Å². The van der Waals surface area contributed by atoms with Crippen molar-refractivity contribution in [2.24, 2.45) is 0 Å². The first kappa shape index (κ1) is 14.1. The second kappa shape index (κ2) is 6.25. The summed E-state index contributed by atoms with van der Waals surface area (Å²) in [7, 11) is 0. The van der Waals surface area contributed by atoms with E-state index in [2.05, 4.69) is 46.5 Å². The summed E-state index contributed by atoms with van der Waals surface area (Å²) in [5.41, 5.74) is 4.00. The van der Waals surface area contributed by atoms with Gasteiger partial charge in [0.2, 0.25) is 0 Å². The third kappa shape index (κ3) is 2.90. The lowest BCUT2D eigenvalue weighted by Gasteiger charge is -2.25. The molecule has 0 spiro atoms. The molecule has 2 nitrogen and oxygen atoms in total. The molecule has 0 fully saturated rings. The highest BCUT2D eigenvalue weighted by Gasteiger charge is 2.21. The second-order valence-corrected chi connectivity index (χ2v) is 6.45. The molecule has 1 aromatic carbocycles. The summed E-state index contributed by atoms with van der Waals surface area (Å²) in [6.07, 6.45) is 2.27. The van der Waals surface area contributed by atoms with Crippen LogP contribution in [0.2, 0.25) is 0 Å². The molecular formula is C16H19ClN2S. The summed E-state index contributed by atoms with van der Waals surface area (Å²) in [5, 5.41) is 3.26. The lowest BCUT2D eigenvalue weighted by atomic mass is 10.0. The van der Waals surface area contributed by atoms with E-state index in [1.165, 1.54) is 16.1 Å². The normalized spacial score (nSPS) is 17.5. The van der Waals surface area contributed by atoms with Gasteiger partial charge in [-0.25, -0.2) is 4.98 Å². The molecule has 1 atom stereocenters. The van der Waals surface area contributed by atoms with Crippen LogP contribution in [0.4, 0.5) is 0 Å². The number of alkyl halides is 1. The number of rotatable bonds is 3. The maximum absolute atomic E-state index is 5.85. The molecule has 1 aliphatic rings. The molecule has 1 unspecified atom stereocenters. The number of benzene rings is 1. The van der Waals surface area contributed by atoms with E-state index >= 15 is 0 Å². The minimum Gasteiger partial charge on any atom is -0.294 e. The Morgan fingerprint density at radius 1 is 1.25 bits per heavy atom. The molecule has 2 heterocycles. The SMILES string of the molecule is CC(c1nc(CCl)cs1)N1CCc2ccccc2CC1. The van der Waals surface area contributed by atoms with Crippen molar-refractivity contribution in [1.29, 1.82) is 0 Å². The quantitative estimate of drug-likeness (QED) is 0.796. The van der Waals surface area contributed by atoms with E-state index in [9.17, 15) is 0 Å². The molecule has 0 amide bonds. The van der Waals surface area contributed by atoms with Gasteiger partial charge >= 0.3 is 0 Å². The van der Waals surface area contributed by atoms with Crippen LogP contribution in [0.3, 0.4) is 0 Å². The van der Waals surface area contributed by atoms with Crippen molar-refractivity contribution in [2.75, 3.05) is 13.1 Å². The van der Waals surface area contributed by atoms with Crippen molar-refractivity contribution in [3.8, 4) is 0 Å². The summed E-state index contributed by atoms with van der Waals surface area (Å²) < 4.78 is 0. The van der Waals surface area contributed by atoms with Crippen LogP contribution in [-0.4, -0.2) is 23.0 Å². The molecule has 1 aromatic heterocycles. The number of thiazole rings is 1. The number of hydrogen-bond acceptors (Lipinski definition) is 3. The van der Waals surface area contributed by atoms with E-state index in [4.69, 9.17) is 11.6 Å². The molecule has 0 N–H and O–H groups in total. The van der Waals surface area contributed by atoms with Gasteiger partial charge in [0.1, 0.15) is 5.01 Å². The zero-order chi connectivity index (χ0) is 13.9. The lowest BCUT2D eigenvalue weighted by molar-refractivity contribution is 0.220. The first-order valence-corrected chi connectivity index (χ1v) is 8.50. The highest BCUT2D eigenvalue weighted by atomic mass is 35.5.